The first kappa shape index (κ1) is 19.0. The van der Waals surface area contributed by atoms with E-state index in [1.54, 1.807) is 6.07 Å². The SMILES string of the molecule is O=C(Cn1cnc(S(=O)(=O)N2CCCCC2)c1)Nc1ccc(Br)cc1F. The van der Waals surface area contributed by atoms with Gasteiger partial charge in [0.2, 0.25) is 5.91 Å². The Morgan fingerprint density at radius 2 is 2.00 bits per heavy atom. The molecule has 0 saturated carbocycles. The molecule has 0 bridgehead atoms. The molecule has 0 unspecified atom stereocenters. The predicted octanol–water partition coefficient (Wildman–Crippen LogP) is 2.60. The van der Waals surface area contributed by atoms with Gasteiger partial charge < -0.3 is 9.88 Å². The van der Waals surface area contributed by atoms with Crippen LogP contribution in [0.3, 0.4) is 0 Å². The van der Waals surface area contributed by atoms with Gasteiger partial charge in [-0.1, -0.05) is 22.4 Å². The number of halogens is 2. The number of hydrogen-bond donors (Lipinski definition) is 1. The van der Waals surface area contributed by atoms with Gasteiger partial charge in [-0.2, -0.15) is 4.31 Å². The van der Waals surface area contributed by atoms with Crippen molar-refractivity contribution in [2.24, 2.45) is 0 Å². The number of imidazole rings is 1. The molecule has 1 aromatic carbocycles. The van der Waals surface area contributed by atoms with Gasteiger partial charge in [-0.3, -0.25) is 4.79 Å². The van der Waals surface area contributed by atoms with Crippen molar-refractivity contribution < 1.29 is 17.6 Å². The van der Waals surface area contributed by atoms with Gasteiger partial charge in [0.1, 0.15) is 12.4 Å². The number of nitrogens with zero attached hydrogens (tertiary/aromatic N) is 3. The number of sulfonamides is 1. The van der Waals surface area contributed by atoms with Crippen molar-refractivity contribution in [2.45, 2.75) is 30.8 Å². The number of nitrogens with one attached hydrogen (secondary N) is 1. The average Bonchev–Trinajstić information content (AvgIpc) is 3.07. The Balaban J connectivity index is 1.67. The number of aromatic nitrogens is 2. The summed E-state index contributed by atoms with van der Waals surface area (Å²) in [7, 11) is -3.64. The van der Waals surface area contributed by atoms with E-state index >= 15 is 0 Å². The summed E-state index contributed by atoms with van der Waals surface area (Å²) < 4.78 is 42.2. The number of carbonyl (C=O) groups excluding carboxylic acids is 1. The first-order valence-electron chi connectivity index (χ1n) is 8.13. The highest BCUT2D eigenvalue weighted by Gasteiger charge is 2.28. The molecule has 10 heteroatoms. The Labute approximate surface area is 159 Å². The largest absolute Gasteiger partial charge is 0.327 e. The molecular weight excluding hydrogens is 427 g/mol. The zero-order valence-electron chi connectivity index (χ0n) is 13.9. The van der Waals surface area contributed by atoms with Crippen LogP contribution in [0.2, 0.25) is 0 Å². The number of rotatable bonds is 5. The first-order chi connectivity index (χ1) is 12.4. The fraction of sp³-hybridized carbons (Fsp3) is 0.375. The van der Waals surface area contributed by atoms with E-state index in [2.05, 4.69) is 26.2 Å². The molecule has 3 rings (SSSR count). The Kier molecular flexibility index (Phi) is 5.73. The summed E-state index contributed by atoms with van der Waals surface area (Å²) in [6.45, 7) is 0.801. The van der Waals surface area contributed by atoms with Gasteiger partial charge in [-0.05, 0) is 31.0 Å². The molecule has 0 atom stereocenters. The lowest BCUT2D eigenvalue weighted by molar-refractivity contribution is -0.116. The summed E-state index contributed by atoms with van der Waals surface area (Å²) in [5.41, 5.74) is 0.0551. The predicted molar refractivity (Wildman–Crippen MR) is 97.6 cm³/mol. The molecule has 1 fully saturated rings. The van der Waals surface area contributed by atoms with Crippen LogP contribution in [0.4, 0.5) is 10.1 Å². The van der Waals surface area contributed by atoms with Gasteiger partial charge in [0.15, 0.2) is 5.03 Å². The van der Waals surface area contributed by atoms with E-state index < -0.39 is 21.7 Å². The van der Waals surface area contributed by atoms with Crippen LogP contribution in [0.15, 0.2) is 40.2 Å². The molecule has 1 N–H and O–H groups in total. The van der Waals surface area contributed by atoms with Crippen LogP contribution in [-0.4, -0.2) is 41.3 Å². The normalized spacial score (nSPS) is 15.8. The van der Waals surface area contributed by atoms with Gasteiger partial charge in [0.25, 0.3) is 10.0 Å². The summed E-state index contributed by atoms with van der Waals surface area (Å²) in [5, 5.41) is 2.37. The Bertz CT molecular complexity index is 910. The number of anilines is 1. The van der Waals surface area contributed by atoms with Crippen molar-refractivity contribution in [1.82, 2.24) is 13.9 Å². The molecule has 2 aromatic rings. The van der Waals surface area contributed by atoms with Crippen LogP contribution in [0, 0.1) is 5.82 Å². The number of carbonyl (C=O) groups is 1. The average molecular weight is 445 g/mol. The zero-order valence-corrected chi connectivity index (χ0v) is 16.3. The second-order valence-electron chi connectivity index (χ2n) is 6.02. The minimum Gasteiger partial charge on any atom is -0.327 e. The van der Waals surface area contributed by atoms with Crippen molar-refractivity contribution in [1.29, 1.82) is 0 Å². The summed E-state index contributed by atoms with van der Waals surface area (Å²) in [5.74, 6) is -1.04. The fourth-order valence-corrected chi connectivity index (χ4v) is 4.53. The number of hydrogen-bond acceptors (Lipinski definition) is 4. The van der Waals surface area contributed by atoms with Crippen LogP contribution in [0.5, 0.6) is 0 Å². The smallest absolute Gasteiger partial charge is 0.262 e. The lowest BCUT2D eigenvalue weighted by Gasteiger charge is -2.24. The topological polar surface area (TPSA) is 84.3 Å². The molecule has 1 aliphatic heterocycles. The van der Waals surface area contributed by atoms with Crippen molar-refractivity contribution in [3.05, 3.63) is 41.0 Å². The highest BCUT2D eigenvalue weighted by molar-refractivity contribution is 9.10. The van der Waals surface area contributed by atoms with Crippen molar-refractivity contribution in [3.63, 3.8) is 0 Å². The minimum absolute atomic E-state index is 0.0551. The molecule has 1 amide bonds. The van der Waals surface area contributed by atoms with E-state index in [1.807, 2.05) is 0 Å². The maximum Gasteiger partial charge on any atom is 0.262 e. The summed E-state index contributed by atoms with van der Waals surface area (Å²) in [4.78, 5) is 16.0. The minimum atomic E-state index is -3.64. The monoisotopic (exact) mass is 444 g/mol. The Hall–Kier alpha value is -1.78. The van der Waals surface area contributed by atoms with Gasteiger partial charge in [-0.25, -0.2) is 17.8 Å². The van der Waals surface area contributed by atoms with Crippen molar-refractivity contribution in [2.75, 3.05) is 18.4 Å². The molecule has 140 valence electrons. The van der Waals surface area contributed by atoms with E-state index in [1.165, 1.54) is 33.5 Å². The van der Waals surface area contributed by atoms with Crippen LogP contribution in [0.25, 0.3) is 0 Å². The molecule has 26 heavy (non-hydrogen) atoms. The van der Waals surface area contributed by atoms with E-state index in [-0.39, 0.29) is 17.3 Å². The summed E-state index contributed by atoms with van der Waals surface area (Å²) in [6, 6.07) is 4.30. The van der Waals surface area contributed by atoms with E-state index in [9.17, 15) is 17.6 Å². The maximum atomic E-state index is 13.8. The van der Waals surface area contributed by atoms with Gasteiger partial charge in [-0.15, -0.1) is 0 Å². The quantitative estimate of drug-likeness (QED) is 0.767. The van der Waals surface area contributed by atoms with Gasteiger partial charge >= 0.3 is 0 Å². The van der Waals surface area contributed by atoms with Crippen LogP contribution >= 0.6 is 15.9 Å². The Morgan fingerprint density at radius 3 is 2.69 bits per heavy atom. The number of amides is 1. The third kappa shape index (κ3) is 4.30. The molecule has 1 aliphatic rings. The molecular formula is C16H18BrFN4O3S. The van der Waals surface area contributed by atoms with Crippen molar-refractivity contribution in [3.8, 4) is 0 Å². The summed E-state index contributed by atoms with van der Waals surface area (Å²) >= 11 is 3.14. The van der Waals surface area contributed by atoms with E-state index in [0.717, 1.165) is 19.3 Å². The highest BCUT2D eigenvalue weighted by atomic mass is 79.9. The molecule has 0 radical (unpaired) electrons. The first-order valence-corrected chi connectivity index (χ1v) is 10.4. The standard InChI is InChI=1S/C16H18BrFN4O3S/c17-12-4-5-14(13(18)8-12)20-15(23)9-21-10-16(19-11-21)26(24,25)22-6-2-1-3-7-22/h4-5,8,10-11H,1-3,6-7,9H2,(H,20,23). The third-order valence-electron chi connectivity index (χ3n) is 4.06. The second-order valence-corrected chi connectivity index (χ2v) is 8.82. The molecule has 7 nitrogen and oxygen atoms in total. The fourth-order valence-electron chi connectivity index (χ4n) is 2.74. The maximum absolute atomic E-state index is 13.8. The number of benzene rings is 1. The third-order valence-corrected chi connectivity index (χ3v) is 6.34. The lowest BCUT2D eigenvalue weighted by atomic mass is 10.2. The Morgan fingerprint density at radius 1 is 1.27 bits per heavy atom. The molecule has 0 aliphatic carbocycles. The van der Waals surface area contributed by atoms with Gasteiger partial charge in [0.05, 0.1) is 12.0 Å². The van der Waals surface area contributed by atoms with Gasteiger partial charge in [0, 0.05) is 23.8 Å². The van der Waals surface area contributed by atoms with Crippen LogP contribution < -0.4 is 5.32 Å². The molecule has 1 aromatic heterocycles. The summed E-state index contributed by atoms with van der Waals surface area (Å²) in [6.07, 6.45) is 5.30. The molecule has 1 saturated heterocycles. The molecule has 0 spiro atoms. The highest BCUT2D eigenvalue weighted by Crippen LogP contribution is 2.20. The van der Waals surface area contributed by atoms with E-state index in [0.29, 0.717) is 17.6 Å². The van der Waals surface area contributed by atoms with Crippen molar-refractivity contribution >= 4 is 37.5 Å². The van der Waals surface area contributed by atoms with Crippen LogP contribution in [-0.2, 0) is 21.4 Å². The second kappa shape index (κ2) is 7.85. The lowest BCUT2D eigenvalue weighted by Crippen LogP contribution is -2.35. The van der Waals surface area contributed by atoms with E-state index in [4.69, 9.17) is 0 Å². The zero-order chi connectivity index (χ0) is 18.7. The van der Waals surface area contributed by atoms with Crippen LogP contribution in [0.1, 0.15) is 19.3 Å². The number of piperidine rings is 1. The molecule has 2 heterocycles.